The van der Waals surface area contributed by atoms with Crippen LogP contribution in [0.25, 0.3) is 0 Å². The van der Waals surface area contributed by atoms with E-state index in [4.69, 9.17) is 18.0 Å². The summed E-state index contributed by atoms with van der Waals surface area (Å²) in [5, 5.41) is 0. The minimum Gasteiger partial charge on any atom is -0.389 e. The van der Waals surface area contributed by atoms with Crippen molar-refractivity contribution in [2.45, 2.75) is 20.0 Å². The molecule has 1 aliphatic rings. The van der Waals surface area contributed by atoms with Crippen LogP contribution < -0.4 is 10.6 Å². The van der Waals surface area contributed by atoms with Gasteiger partial charge in [0.1, 0.15) is 10.8 Å². The van der Waals surface area contributed by atoms with Crippen molar-refractivity contribution in [2.24, 2.45) is 5.73 Å². The zero-order valence-electron chi connectivity index (χ0n) is 10.8. The number of nitrogens with two attached hydrogens (primary N) is 1. The molecule has 2 N–H and O–H groups in total. The topological polar surface area (TPSA) is 47.1 Å². The molecule has 0 fully saturated rings. The molecule has 1 aromatic heterocycles. The lowest BCUT2D eigenvalue weighted by molar-refractivity contribution is 0.560. The average Bonchev–Trinajstić information content (AvgIpc) is 2.85. The van der Waals surface area contributed by atoms with Crippen LogP contribution in [0.2, 0.25) is 0 Å². The Kier molecular flexibility index (Phi) is 2.98. The lowest BCUT2D eigenvalue weighted by Crippen LogP contribution is -2.35. The van der Waals surface area contributed by atoms with Gasteiger partial charge < -0.3 is 15.2 Å². The molecule has 0 spiro atoms. The summed E-state index contributed by atoms with van der Waals surface area (Å²) in [6, 6.07) is 6.25. The molecule has 1 aliphatic heterocycles. The molecule has 0 atom stereocenters. The zero-order chi connectivity index (χ0) is 13.4. The SMILES string of the molecule is Cc1ccc(N2CCn3ccnc3C2)c(C(N)=S)c1. The second-order valence-electron chi connectivity index (χ2n) is 4.84. The molecular weight excluding hydrogens is 256 g/mol. The first kappa shape index (κ1) is 12.2. The van der Waals surface area contributed by atoms with Crippen molar-refractivity contribution in [1.29, 1.82) is 0 Å². The van der Waals surface area contributed by atoms with Crippen LogP contribution in [0.15, 0.2) is 30.6 Å². The third-order valence-corrected chi connectivity index (χ3v) is 3.72. The molecule has 0 saturated heterocycles. The smallest absolute Gasteiger partial charge is 0.128 e. The normalized spacial score (nSPS) is 14.3. The molecule has 0 bridgehead atoms. The number of rotatable bonds is 2. The Hall–Kier alpha value is -1.88. The van der Waals surface area contributed by atoms with E-state index < -0.39 is 0 Å². The van der Waals surface area contributed by atoms with Gasteiger partial charge in [0.25, 0.3) is 0 Å². The molecule has 0 saturated carbocycles. The van der Waals surface area contributed by atoms with Gasteiger partial charge in [0.2, 0.25) is 0 Å². The highest BCUT2D eigenvalue weighted by atomic mass is 32.1. The third kappa shape index (κ3) is 2.21. The number of aryl methyl sites for hydroxylation is 1. The van der Waals surface area contributed by atoms with E-state index in [1.165, 1.54) is 5.56 Å². The predicted octanol–water partition coefficient (Wildman–Crippen LogP) is 1.85. The van der Waals surface area contributed by atoms with Crippen LogP contribution in [-0.2, 0) is 13.1 Å². The monoisotopic (exact) mass is 272 g/mol. The minimum atomic E-state index is 0.451. The number of fused-ring (bicyclic) bond motifs is 1. The van der Waals surface area contributed by atoms with E-state index in [0.717, 1.165) is 36.7 Å². The van der Waals surface area contributed by atoms with E-state index in [0.29, 0.717) is 4.99 Å². The highest BCUT2D eigenvalue weighted by molar-refractivity contribution is 7.80. The standard InChI is InChI=1S/C14H16N4S/c1-10-2-3-12(11(8-10)14(15)19)18-7-6-17-5-4-16-13(17)9-18/h2-5,8H,6-7,9H2,1H3,(H2,15,19). The number of benzene rings is 1. The van der Waals surface area contributed by atoms with Crippen LogP contribution in [0, 0.1) is 6.92 Å². The molecular formula is C14H16N4S. The summed E-state index contributed by atoms with van der Waals surface area (Å²) in [5.74, 6) is 1.08. The highest BCUT2D eigenvalue weighted by Crippen LogP contribution is 2.25. The number of thiocarbonyl (C=S) groups is 1. The molecule has 3 rings (SSSR count). The van der Waals surface area contributed by atoms with Crippen LogP contribution in [-0.4, -0.2) is 21.1 Å². The molecule has 0 aliphatic carbocycles. The van der Waals surface area contributed by atoms with Gasteiger partial charge in [-0.05, 0) is 19.1 Å². The van der Waals surface area contributed by atoms with E-state index in [1.54, 1.807) is 0 Å². The predicted molar refractivity (Wildman–Crippen MR) is 80.3 cm³/mol. The Morgan fingerprint density at radius 1 is 1.37 bits per heavy atom. The quantitative estimate of drug-likeness (QED) is 0.848. The molecule has 0 radical (unpaired) electrons. The van der Waals surface area contributed by atoms with E-state index in [-0.39, 0.29) is 0 Å². The Balaban J connectivity index is 1.98. The van der Waals surface area contributed by atoms with Gasteiger partial charge >= 0.3 is 0 Å². The molecule has 2 heterocycles. The van der Waals surface area contributed by atoms with Crippen molar-refractivity contribution in [3.05, 3.63) is 47.5 Å². The van der Waals surface area contributed by atoms with E-state index in [9.17, 15) is 0 Å². The molecule has 0 unspecified atom stereocenters. The van der Waals surface area contributed by atoms with Gasteiger partial charge in [0, 0.05) is 36.7 Å². The van der Waals surface area contributed by atoms with Crippen LogP contribution in [0.5, 0.6) is 0 Å². The van der Waals surface area contributed by atoms with Gasteiger partial charge in [-0.15, -0.1) is 0 Å². The zero-order valence-corrected chi connectivity index (χ0v) is 11.7. The fraction of sp³-hybridized carbons (Fsp3) is 0.286. The lowest BCUT2D eigenvalue weighted by Gasteiger charge is -2.31. The summed E-state index contributed by atoms with van der Waals surface area (Å²) in [5.41, 5.74) is 9.08. The van der Waals surface area contributed by atoms with Gasteiger partial charge in [0.05, 0.1) is 6.54 Å². The molecule has 4 nitrogen and oxygen atoms in total. The molecule has 98 valence electrons. The average molecular weight is 272 g/mol. The van der Waals surface area contributed by atoms with Crippen molar-refractivity contribution < 1.29 is 0 Å². The fourth-order valence-corrected chi connectivity index (χ4v) is 2.67. The highest BCUT2D eigenvalue weighted by Gasteiger charge is 2.19. The number of anilines is 1. The summed E-state index contributed by atoms with van der Waals surface area (Å²) in [4.78, 5) is 7.12. The van der Waals surface area contributed by atoms with E-state index >= 15 is 0 Å². The minimum absolute atomic E-state index is 0.451. The van der Waals surface area contributed by atoms with Gasteiger partial charge in [-0.2, -0.15) is 0 Å². The first-order valence-electron chi connectivity index (χ1n) is 6.30. The first-order valence-corrected chi connectivity index (χ1v) is 6.71. The van der Waals surface area contributed by atoms with Gasteiger partial charge in [-0.25, -0.2) is 4.98 Å². The second-order valence-corrected chi connectivity index (χ2v) is 5.28. The Labute approximate surface area is 117 Å². The Morgan fingerprint density at radius 3 is 3.00 bits per heavy atom. The van der Waals surface area contributed by atoms with Crippen molar-refractivity contribution in [3.63, 3.8) is 0 Å². The maximum Gasteiger partial charge on any atom is 0.128 e. The number of nitrogens with zero attached hydrogens (tertiary/aromatic N) is 3. The van der Waals surface area contributed by atoms with E-state index in [1.807, 2.05) is 12.4 Å². The van der Waals surface area contributed by atoms with Crippen molar-refractivity contribution in [3.8, 4) is 0 Å². The molecule has 1 aromatic carbocycles. The molecule has 0 amide bonds. The maximum atomic E-state index is 5.85. The van der Waals surface area contributed by atoms with Crippen LogP contribution in [0.3, 0.4) is 0 Å². The van der Waals surface area contributed by atoms with Gasteiger partial charge in [-0.1, -0.05) is 23.8 Å². The number of aromatic nitrogens is 2. The third-order valence-electron chi connectivity index (χ3n) is 3.50. The molecule has 5 heteroatoms. The fourth-order valence-electron chi connectivity index (χ4n) is 2.50. The second kappa shape index (κ2) is 4.66. The number of hydrogen-bond acceptors (Lipinski definition) is 3. The van der Waals surface area contributed by atoms with Crippen molar-refractivity contribution in [1.82, 2.24) is 9.55 Å². The summed E-state index contributed by atoms with van der Waals surface area (Å²) in [7, 11) is 0. The van der Waals surface area contributed by atoms with E-state index in [2.05, 4.69) is 39.6 Å². The van der Waals surface area contributed by atoms with Crippen LogP contribution >= 0.6 is 12.2 Å². The lowest BCUT2D eigenvalue weighted by atomic mass is 10.1. The van der Waals surface area contributed by atoms with Crippen molar-refractivity contribution in [2.75, 3.05) is 11.4 Å². The van der Waals surface area contributed by atoms with Gasteiger partial charge in [0.15, 0.2) is 0 Å². The van der Waals surface area contributed by atoms with Crippen LogP contribution in [0.1, 0.15) is 17.0 Å². The molecule has 2 aromatic rings. The van der Waals surface area contributed by atoms with Gasteiger partial charge in [-0.3, -0.25) is 0 Å². The summed E-state index contributed by atoms with van der Waals surface area (Å²) >= 11 is 5.17. The maximum absolute atomic E-state index is 5.85. The van der Waals surface area contributed by atoms with Crippen molar-refractivity contribution >= 4 is 22.9 Å². The molecule has 19 heavy (non-hydrogen) atoms. The summed E-state index contributed by atoms with van der Waals surface area (Å²) in [6.45, 7) is 4.74. The van der Waals surface area contributed by atoms with Crippen LogP contribution in [0.4, 0.5) is 5.69 Å². The summed E-state index contributed by atoms with van der Waals surface area (Å²) < 4.78 is 2.19. The first-order chi connectivity index (χ1) is 9.15. The summed E-state index contributed by atoms with van der Waals surface area (Å²) in [6.07, 6.45) is 3.87. The Bertz CT molecular complexity index is 632. The Morgan fingerprint density at radius 2 is 2.21 bits per heavy atom. The number of hydrogen-bond donors (Lipinski definition) is 1. The largest absolute Gasteiger partial charge is 0.389 e. The number of imidazole rings is 1.